The van der Waals surface area contributed by atoms with E-state index in [0.29, 0.717) is 15.2 Å². The first-order valence-corrected chi connectivity index (χ1v) is 7.67. The van der Waals surface area contributed by atoms with Crippen molar-refractivity contribution in [2.75, 3.05) is 0 Å². The number of aromatic nitrogens is 5. The molecule has 1 aromatic carbocycles. The van der Waals surface area contributed by atoms with E-state index in [4.69, 9.17) is 10.2 Å². The molecule has 3 aromatic rings. The smallest absolute Gasteiger partial charge is 0.347 e. The molecule has 0 aliphatic carbocycles. The van der Waals surface area contributed by atoms with Crippen molar-refractivity contribution in [1.82, 2.24) is 25.2 Å². The molecule has 0 saturated carbocycles. The second kappa shape index (κ2) is 6.14. The predicted molar refractivity (Wildman–Crippen MR) is 79.3 cm³/mol. The molecule has 2 N–H and O–H groups in total. The van der Waals surface area contributed by atoms with Crippen LogP contribution in [0.3, 0.4) is 0 Å². The van der Waals surface area contributed by atoms with Gasteiger partial charge in [-0.15, -0.1) is 16.4 Å². The summed E-state index contributed by atoms with van der Waals surface area (Å²) < 4.78 is 1.90. The van der Waals surface area contributed by atoms with Crippen LogP contribution in [-0.2, 0) is 0 Å². The van der Waals surface area contributed by atoms with E-state index in [1.54, 1.807) is 12.1 Å². The van der Waals surface area contributed by atoms with Crippen LogP contribution in [0.1, 0.15) is 20.0 Å². The third-order valence-corrected chi connectivity index (χ3v) is 4.67. The number of benzene rings is 1. The van der Waals surface area contributed by atoms with Gasteiger partial charge in [0.05, 0.1) is 17.4 Å². The summed E-state index contributed by atoms with van der Waals surface area (Å²) >= 11 is 2.13. The lowest BCUT2D eigenvalue weighted by molar-refractivity contribution is 0.0688. The Kier molecular flexibility index (Phi) is 4.04. The highest BCUT2D eigenvalue weighted by Gasteiger charge is 2.15. The minimum atomic E-state index is -1.04. The second-order valence-electron chi connectivity index (χ2n) is 4.12. The second-order valence-corrected chi connectivity index (χ2v) is 6.37. The molecule has 11 heteroatoms. The summed E-state index contributed by atoms with van der Waals surface area (Å²) in [5, 5.41) is 29.5. The summed E-state index contributed by atoms with van der Waals surface area (Å²) in [6, 6.07) is 6.04. The molecule has 2 heterocycles. The minimum absolute atomic E-state index is 0.123. The van der Waals surface area contributed by atoms with E-state index in [1.165, 1.54) is 23.0 Å². The molecule has 0 fully saturated rings. The summed E-state index contributed by atoms with van der Waals surface area (Å²) in [5.41, 5.74) is 0.736. The Morgan fingerprint density at radius 3 is 2.48 bits per heavy atom. The van der Waals surface area contributed by atoms with Crippen molar-refractivity contribution in [3.8, 4) is 5.69 Å². The van der Waals surface area contributed by atoms with Crippen LogP contribution in [0.5, 0.6) is 0 Å². The van der Waals surface area contributed by atoms with E-state index >= 15 is 0 Å². The van der Waals surface area contributed by atoms with Crippen molar-refractivity contribution in [1.29, 1.82) is 0 Å². The first-order chi connectivity index (χ1) is 11.0. The van der Waals surface area contributed by atoms with Crippen LogP contribution >= 0.6 is 23.1 Å². The molecule has 0 amide bonds. The van der Waals surface area contributed by atoms with Crippen molar-refractivity contribution in [2.45, 2.75) is 9.50 Å². The lowest BCUT2D eigenvalue weighted by Gasteiger charge is -2.03. The number of hydrogen-bond donors (Lipinski definition) is 2. The highest BCUT2D eigenvalue weighted by molar-refractivity contribution is 8.00. The van der Waals surface area contributed by atoms with Gasteiger partial charge < -0.3 is 10.2 Å². The zero-order valence-corrected chi connectivity index (χ0v) is 12.8. The van der Waals surface area contributed by atoms with E-state index in [2.05, 4.69) is 20.5 Å². The Bertz CT molecular complexity index is 874. The van der Waals surface area contributed by atoms with Crippen molar-refractivity contribution in [3.05, 3.63) is 40.9 Å². The third kappa shape index (κ3) is 3.19. The van der Waals surface area contributed by atoms with Crippen LogP contribution in [-0.4, -0.2) is 47.3 Å². The van der Waals surface area contributed by atoms with Gasteiger partial charge in [-0.05, 0) is 46.5 Å². The Labute approximate surface area is 136 Å². The van der Waals surface area contributed by atoms with Gasteiger partial charge in [0.1, 0.15) is 4.88 Å². The number of thiazole rings is 1. The van der Waals surface area contributed by atoms with Crippen molar-refractivity contribution in [3.63, 3.8) is 0 Å². The summed E-state index contributed by atoms with van der Waals surface area (Å²) in [7, 11) is 0. The van der Waals surface area contributed by atoms with Gasteiger partial charge in [0, 0.05) is 0 Å². The highest BCUT2D eigenvalue weighted by Crippen LogP contribution is 2.30. The first-order valence-electron chi connectivity index (χ1n) is 6.03. The molecular formula is C12H7N5O4S2. The number of nitrogens with zero attached hydrogens (tertiary/aromatic N) is 5. The number of rotatable bonds is 5. The molecule has 23 heavy (non-hydrogen) atoms. The SMILES string of the molecule is O=C(O)c1ccc(-n2nnnc2Sc2ncc(C(=O)O)s2)cc1. The Morgan fingerprint density at radius 1 is 1.13 bits per heavy atom. The van der Waals surface area contributed by atoms with E-state index in [1.807, 2.05) is 0 Å². The molecule has 0 saturated heterocycles. The molecule has 0 aliphatic rings. The maximum Gasteiger partial charge on any atom is 0.347 e. The molecule has 0 unspecified atom stereocenters. The largest absolute Gasteiger partial charge is 0.478 e. The fourth-order valence-electron chi connectivity index (χ4n) is 1.63. The van der Waals surface area contributed by atoms with Gasteiger partial charge in [-0.25, -0.2) is 14.6 Å². The van der Waals surface area contributed by atoms with Crippen molar-refractivity contribution < 1.29 is 19.8 Å². The molecular weight excluding hydrogens is 342 g/mol. The lowest BCUT2D eigenvalue weighted by Crippen LogP contribution is -2.01. The average molecular weight is 349 g/mol. The van der Waals surface area contributed by atoms with Crippen molar-refractivity contribution >= 4 is 35.0 Å². The molecule has 116 valence electrons. The predicted octanol–water partition coefficient (Wildman–Crippen LogP) is 1.67. The van der Waals surface area contributed by atoms with Gasteiger partial charge in [-0.1, -0.05) is 0 Å². The van der Waals surface area contributed by atoms with Crippen LogP contribution in [0.15, 0.2) is 40.0 Å². The summed E-state index contributed by atoms with van der Waals surface area (Å²) in [6.07, 6.45) is 1.27. The van der Waals surface area contributed by atoms with Crippen LogP contribution in [0.2, 0.25) is 0 Å². The van der Waals surface area contributed by atoms with Crippen LogP contribution < -0.4 is 0 Å². The summed E-state index contributed by atoms with van der Waals surface area (Å²) in [6.45, 7) is 0. The molecule has 3 rings (SSSR count). The zero-order chi connectivity index (χ0) is 16.4. The topological polar surface area (TPSA) is 131 Å². The number of hydrogen-bond acceptors (Lipinski definition) is 8. The standard InChI is InChI=1S/C12H7N5O4S2/c18-9(19)6-1-3-7(4-2-6)17-11(14-15-16-17)23-12-13-5-8(22-12)10(20)21/h1-5H,(H,18,19)(H,20,21). The molecule has 0 radical (unpaired) electrons. The van der Waals surface area contributed by atoms with Crippen LogP contribution in [0, 0.1) is 0 Å². The Hall–Kier alpha value is -2.79. The summed E-state index contributed by atoms with van der Waals surface area (Å²) in [4.78, 5) is 25.8. The van der Waals surface area contributed by atoms with Gasteiger partial charge in [-0.3, -0.25) is 0 Å². The maximum absolute atomic E-state index is 10.9. The number of carboxylic acid groups (broad SMARTS) is 2. The van der Waals surface area contributed by atoms with E-state index in [-0.39, 0.29) is 10.4 Å². The maximum atomic E-state index is 10.9. The van der Waals surface area contributed by atoms with Crippen LogP contribution in [0.25, 0.3) is 5.69 Å². The van der Waals surface area contributed by atoms with Crippen LogP contribution in [0.4, 0.5) is 0 Å². The fraction of sp³-hybridized carbons (Fsp3) is 0. The number of carboxylic acids is 2. The van der Waals surface area contributed by atoms with E-state index in [0.717, 1.165) is 23.1 Å². The van der Waals surface area contributed by atoms with E-state index < -0.39 is 11.9 Å². The van der Waals surface area contributed by atoms with Crippen molar-refractivity contribution in [2.24, 2.45) is 0 Å². The Morgan fingerprint density at radius 2 is 1.87 bits per heavy atom. The molecule has 0 bridgehead atoms. The normalized spacial score (nSPS) is 10.6. The third-order valence-electron chi connectivity index (χ3n) is 2.67. The van der Waals surface area contributed by atoms with Gasteiger partial charge in [-0.2, -0.15) is 4.68 Å². The Balaban J connectivity index is 1.86. The number of aromatic carboxylic acids is 2. The quantitative estimate of drug-likeness (QED) is 0.706. The first kappa shape index (κ1) is 15.1. The zero-order valence-electron chi connectivity index (χ0n) is 11.2. The molecule has 0 aliphatic heterocycles. The van der Waals surface area contributed by atoms with Gasteiger partial charge in [0.25, 0.3) is 0 Å². The fourth-order valence-corrected chi connectivity index (χ4v) is 3.35. The van der Waals surface area contributed by atoms with E-state index in [9.17, 15) is 9.59 Å². The van der Waals surface area contributed by atoms with Gasteiger partial charge in [0.2, 0.25) is 5.16 Å². The lowest BCUT2D eigenvalue weighted by atomic mass is 10.2. The summed E-state index contributed by atoms with van der Waals surface area (Å²) in [5.74, 6) is -2.06. The number of tetrazole rings is 1. The van der Waals surface area contributed by atoms with Gasteiger partial charge >= 0.3 is 11.9 Å². The number of carbonyl (C=O) groups is 2. The average Bonchev–Trinajstić information content (AvgIpc) is 3.17. The van der Waals surface area contributed by atoms with Gasteiger partial charge in [0.15, 0.2) is 4.34 Å². The molecule has 2 aromatic heterocycles. The molecule has 0 atom stereocenters. The molecule has 0 spiro atoms. The minimum Gasteiger partial charge on any atom is -0.478 e. The molecule has 9 nitrogen and oxygen atoms in total. The highest BCUT2D eigenvalue weighted by atomic mass is 32.2. The monoisotopic (exact) mass is 349 g/mol.